The second-order valence-corrected chi connectivity index (χ2v) is 7.50. The van der Waals surface area contributed by atoms with Gasteiger partial charge in [0.2, 0.25) is 0 Å². The zero-order valence-corrected chi connectivity index (χ0v) is 16.7. The van der Waals surface area contributed by atoms with Gasteiger partial charge in [0, 0.05) is 43.3 Å². The highest BCUT2D eigenvalue weighted by atomic mass is 35.5. The van der Waals surface area contributed by atoms with Crippen LogP contribution in [-0.4, -0.2) is 48.5 Å². The topological polar surface area (TPSA) is 62.5 Å². The van der Waals surface area contributed by atoms with Crippen LogP contribution in [0.2, 0.25) is 5.02 Å². The first kappa shape index (κ1) is 19.6. The van der Waals surface area contributed by atoms with E-state index in [2.05, 4.69) is 9.88 Å². The predicted octanol–water partition coefficient (Wildman–Crippen LogP) is 3.49. The number of hydrogen-bond acceptors (Lipinski definition) is 4. The lowest BCUT2D eigenvalue weighted by Crippen LogP contribution is -2.49. The minimum atomic E-state index is -0.346. The number of pyridine rings is 1. The van der Waals surface area contributed by atoms with Crippen molar-refractivity contribution in [3.63, 3.8) is 0 Å². The molecule has 1 aromatic heterocycles. The number of nitrogens with zero attached hydrogens (tertiary/aromatic N) is 3. The molecule has 1 fully saturated rings. The van der Waals surface area contributed by atoms with Crippen LogP contribution in [0.15, 0.2) is 48.7 Å². The molecule has 5 nitrogen and oxygen atoms in total. The highest BCUT2D eigenvalue weighted by Gasteiger charge is 2.25. The summed E-state index contributed by atoms with van der Waals surface area (Å²) in [5, 5.41) is 1.58. The first-order chi connectivity index (χ1) is 14.1. The standard InChI is InChI=1S/C22H22ClFN4O/c23-19-14-16(7-8-25)21(20-18(19)2-1-9-26-20)27-10-12-28(13-11-27)22(29)15-3-5-17(24)6-4-15/h1-6,9,14H,7-8,10-13,25H2. The molecule has 0 atom stereocenters. The van der Waals surface area contributed by atoms with Crippen molar-refractivity contribution >= 4 is 34.1 Å². The normalized spacial score (nSPS) is 14.4. The Morgan fingerprint density at radius 2 is 1.86 bits per heavy atom. The average Bonchev–Trinajstić information content (AvgIpc) is 2.75. The number of aromatic nitrogens is 1. The van der Waals surface area contributed by atoms with E-state index in [1.807, 2.05) is 18.2 Å². The molecule has 1 amide bonds. The van der Waals surface area contributed by atoms with Gasteiger partial charge in [0.25, 0.3) is 5.91 Å². The van der Waals surface area contributed by atoms with Crippen LogP contribution < -0.4 is 10.6 Å². The van der Waals surface area contributed by atoms with Crippen molar-refractivity contribution in [1.29, 1.82) is 0 Å². The summed E-state index contributed by atoms with van der Waals surface area (Å²) in [5.74, 6) is -0.424. The molecule has 0 unspecified atom stereocenters. The third-order valence-electron chi connectivity index (χ3n) is 5.28. The molecule has 7 heteroatoms. The van der Waals surface area contributed by atoms with E-state index in [9.17, 15) is 9.18 Å². The molecular formula is C22H22ClFN4O. The van der Waals surface area contributed by atoms with Crippen molar-refractivity contribution in [3.05, 3.63) is 70.6 Å². The van der Waals surface area contributed by atoms with Gasteiger partial charge in [-0.05, 0) is 61.0 Å². The van der Waals surface area contributed by atoms with Crippen molar-refractivity contribution in [3.8, 4) is 0 Å². The molecule has 0 radical (unpaired) electrons. The fraction of sp³-hybridized carbons (Fsp3) is 0.273. The fourth-order valence-electron chi connectivity index (χ4n) is 3.85. The van der Waals surface area contributed by atoms with E-state index in [0.29, 0.717) is 49.7 Å². The molecular weight excluding hydrogens is 391 g/mol. The van der Waals surface area contributed by atoms with Gasteiger partial charge in [0.15, 0.2) is 0 Å². The van der Waals surface area contributed by atoms with Crippen LogP contribution in [0.4, 0.5) is 10.1 Å². The molecule has 4 rings (SSSR count). The van der Waals surface area contributed by atoms with Crippen molar-refractivity contribution in [1.82, 2.24) is 9.88 Å². The number of carbonyl (C=O) groups is 1. The van der Waals surface area contributed by atoms with Crippen molar-refractivity contribution < 1.29 is 9.18 Å². The lowest BCUT2D eigenvalue weighted by atomic mass is 10.0. The summed E-state index contributed by atoms with van der Waals surface area (Å²) in [7, 11) is 0. The smallest absolute Gasteiger partial charge is 0.253 e. The van der Waals surface area contributed by atoms with Gasteiger partial charge < -0.3 is 15.5 Å². The van der Waals surface area contributed by atoms with Crippen LogP contribution >= 0.6 is 11.6 Å². The summed E-state index contributed by atoms with van der Waals surface area (Å²) >= 11 is 6.47. The van der Waals surface area contributed by atoms with Gasteiger partial charge in [-0.3, -0.25) is 9.78 Å². The van der Waals surface area contributed by atoms with Crippen molar-refractivity contribution in [2.75, 3.05) is 37.6 Å². The highest BCUT2D eigenvalue weighted by molar-refractivity contribution is 6.36. The molecule has 2 N–H and O–H groups in total. The average molecular weight is 413 g/mol. The van der Waals surface area contributed by atoms with E-state index in [0.717, 1.165) is 22.2 Å². The van der Waals surface area contributed by atoms with Crippen LogP contribution in [-0.2, 0) is 6.42 Å². The molecule has 1 aliphatic rings. The van der Waals surface area contributed by atoms with Gasteiger partial charge in [-0.15, -0.1) is 0 Å². The minimum absolute atomic E-state index is 0.0779. The molecule has 2 heterocycles. The SMILES string of the molecule is NCCc1cc(Cl)c2cccnc2c1N1CCN(C(=O)c2ccc(F)cc2)CC1. The Morgan fingerprint density at radius 1 is 1.14 bits per heavy atom. The molecule has 1 aliphatic heterocycles. The number of fused-ring (bicyclic) bond motifs is 1. The van der Waals surface area contributed by atoms with E-state index in [-0.39, 0.29) is 11.7 Å². The monoisotopic (exact) mass is 412 g/mol. The zero-order chi connectivity index (χ0) is 20.4. The Bertz CT molecular complexity index is 1030. The molecule has 0 saturated carbocycles. The molecule has 2 aromatic carbocycles. The molecule has 0 aliphatic carbocycles. The summed E-state index contributed by atoms with van der Waals surface area (Å²) in [6, 6.07) is 11.5. The lowest BCUT2D eigenvalue weighted by Gasteiger charge is -2.37. The summed E-state index contributed by atoms with van der Waals surface area (Å²) < 4.78 is 13.1. The maximum atomic E-state index is 13.1. The molecule has 29 heavy (non-hydrogen) atoms. The first-order valence-electron chi connectivity index (χ1n) is 9.64. The number of anilines is 1. The second kappa shape index (κ2) is 8.35. The fourth-order valence-corrected chi connectivity index (χ4v) is 4.13. The maximum Gasteiger partial charge on any atom is 0.253 e. The van der Waals surface area contributed by atoms with E-state index in [4.69, 9.17) is 17.3 Å². The number of piperazine rings is 1. The molecule has 1 saturated heterocycles. The number of amides is 1. The van der Waals surface area contributed by atoms with Gasteiger partial charge in [-0.2, -0.15) is 0 Å². The van der Waals surface area contributed by atoms with E-state index in [1.165, 1.54) is 24.3 Å². The van der Waals surface area contributed by atoms with Crippen molar-refractivity contribution in [2.45, 2.75) is 6.42 Å². The number of rotatable bonds is 4. The van der Waals surface area contributed by atoms with Gasteiger partial charge in [0.05, 0.1) is 16.2 Å². The number of nitrogens with two attached hydrogens (primary N) is 1. The quantitative estimate of drug-likeness (QED) is 0.712. The van der Waals surface area contributed by atoms with E-state index >= 15 is 0 Å². The Labute approximate surface area is 173 Å². The second-order valence-electron chi connectivity index (χ2n) is 7.09. The number of halogens is 2. The van der Waals surface area contributed by atoms with Crippen LogP contribution in [0.5, 0.6) is 0 Å². The number of benzene rings is 2. The minimum Gasteiger partial charge on any atom is -0.366 e. The van der Waals surface area contributed by atoms with Crippen molar-refractivity contribution in [2.24, 2.45) is 5.73 Å². The summed E-state index contributed by atoms with van der Waals surface area (Å²) in [4.78, 5) is 21.4. The highest BCUT2D eigenvalue weighted by Crippen LogP contribution is 2.35. The maximum absolute atomic E-state index is 13.1. The van der Waals surface area contributed by atoms with Crippen LogP contribution in [0.1, 0.15) is 15.9 Å². The predicted molar refractivity (Wildman–Crippen MR) is 114 cm³/mol. The Kier molecular flexibility index (Phi) is 5.65. The summed E-state index contributed by atoms with van der Waals surface area (Å²) in [5.41, 5.74) is 9.31. The van der Waals surface area contributed by atoms with E-state index < -0.39 is 0 Å². The number of carbonyl (C=O) groups excluding carboxylic acids is 1. The molecule has 0 spiro atoms. The van der Waals surface area contributed by atoms with Gasteiger partial charge in [-0.25, -0.2) is 4.39 Å². The Morgan fingerprint density at radius 3 is 2.55 bits per heavy atom. The van der Waals surface area contributed by atoms with Crippen LogP contribution in [0.3, 0.4) is 0 Å². The third-order valence-corrected chi connectivity index (χ3v) is 5.60. The molecule has 150 valence electrons. The van der Waals surface area contributed by atoms with Gasteiger partial charge in [-0.1, -0.05) is 11.6 Å². The van der Waals surface area contributed by atoms with Crippen LogP contribution in [0, 0.1) is 5.82 Å². The van der Waals surface area contributed by atoms with Crippen LogP contribution in [0.25, 0.3) is 10.9 Å². The summed E-state index contributed by atoms with van der Waals surface area (Å²) in [6.45, 7) is 3.03. The van der Waals surface area contributed by atoms with Gasteiger partial charge in [0.1, 0.15) is 5.82 Å². The Balaban J connectivity index is 1.59. The lowest BCUT2D eigenvalue weighted by molar-refractivity contribution is 0.0747. The molecule has 0 bridgehead atoms. The first-order valence-corrected chi connectivity index (χ1v) is 10.0. The zero-order valence-electron chi connectivity index (χ0n) is 15.9. The third kappa shape index (κ3) is 3.91. The van der Waals surface area contributed by atoms with E-state index in [1.54, 1.807) is 11.1 Å². The number of hydrogen-bond donors (Lipinski definition) is 1. The largest absolute Gasteiger partial charge is 0.366 e. The Hall–Kier alpha value is -2.70. The summed E-state index contributed by atoms with van der Waals surface area (Å²) in [6.07, 6.45) is 2.47. The van der Waals surface area contributed by atoms with Gasteiger partial charge >= 0.3 is 0 Å². The molecule has 3 aromatic rings.